The van der Waals surface area contributed by atoms with Crippen molar-refractivity contribution in [2.45, 2.75) is 6.92 Å². The van der Waals surface area contributed by atoms with Crippen LogP contribution < -0.4 is 5.56 Å². The van der Waals surface area contributed by atoms with Gasteiger partial charge in [-0.2, -0.15) is 5.10 Å². The molecular formula is C26H17FN4O. The van der Waals surface area contributed by atoms with Gasteiger partial charge in [0.05, 0.1) is 22.7 Å². The van der Waals surface area contributed by atoms with Gasteiger partial charge < -0.3 is 0 Å². The van der Waals surface area contributed by atoms with Crippen molar-refractivity contribution in [3.8, 4) is 16.8 Å². The fourth-order valence-corrected chi connectivity index (χ4v) is 4.24. The zero-order valence-corrected chi connectivity index (χ0v) is 17.1. The maximum Gasteiger partial charge on any atom is 0.255 e. The summed E-state index contributed by atoms with van der Waals surface area (Å²) in [5.41, 5.74) is 5.48. The Kier molecular flexibility index (Phi) is 3.95. The molecule has 0 aliphatic rings. The minimum absolute atomic E-state index is 0.179. The normalized spacial score (nSPS) is 11.6. The highest BCUT2D eigenvalue weighted by Crippen LogP contribution is 2.30. The zero-order chi connectivity index (χ0) is 21.8. The Morgan fingerprint density at radius 1 is 0.875 bits per heavy atom. The molecule has 3 heterocycles. The Hall–Kier alpha value is -4.32. The minimum atomic E-state index is -0.300. The molecule has 0 atom stereocenters. The van der Waals surface area contributed by atoms with Gasteiger partial charge in [0, 0.05) is 34.1 Å². The smallest absolute Gasteiger partial charge is 0.255 e. The van der Waals surface area contributed by atoms with E-state index in [0.29, 0.717) is 11.3 Å². The molecule has 6 aromatic rings. The highest BCUT2D eigenvalue weighted by molar-refractivity contribution is 6.05. The molecule has 3 aromatic heterocycles. The van der Waals surface area contributed by atoms with Crippen LogP contribution >= 0.6 is 0 Å². The van der Waals surface area contributed by atoms with Crippen LogP contribution in [-0.4, -0.2) is 19.7 Å². The molecule has 0 saturated heterocycles. The molecule has 0 aliphatic carbocycles. The number of rotatable bonds is 2. The van der Waals surface area contributed by atoms with E-state index < -0.39 is 0 Å². The summed E-state index contributed by atoms with van der Waals surface area (Å²) in [4.78, 5) is 17.6. The van der Waals surface area contributed by atoms with E-state index in [0.717, 1.165) is 43.8 Å². The molecule has 0 spiro atoms. The van der Waals surface area contributed by atoms with Crippen LogP contribution in [0.5, 0.6) is 0 Å². The predicted octanol–water partition coefficient (Wildman–Crippen LogP) is 5.53. The van der Waals surface area contributed by atoms with Gasteiger partial charge in [0.25, 0.3) is 5.56 Å². The van der Waals surface area contributed by atoms with Crippen molar-refractivity contribution in [1.29, 1.82) is 0 Å². The maximum atomic E-state index is 13.9. The molecule has 6 heteroatoms. The van der Waals surface area contributed by atoms with E-state index in [1.807, 2.05) is 24.3 Å². The Morgan fingerprint density at radius 2 is 1.72 bits per heavy atom. The van der Waals surface area contributed by atoms with Crippen molar-refractivity contribution in [3.63, 3.8) is 0 Å². The van der Waals surface area contributed by atoms with Gasteiger partial charge in [-0.15, -0.1) is 0 Å². The Bertz CT molecular complexity index is 1730. The van der Waals surface area contributed by atoms with E-state index in [2.05, 4.69) is 27.3 Å². The Morgan fingerprint density at radius 3 is 2.59 bits per heavy atom. The second kappa shape index (κ2) is 6.85. The van der Waals surface area contributed by atoms with Gasteiger partial charge in [-0.05, 0) is 72.1 Å². The van der Waals surface area contributed by atoms with Crippen LogP contribution in [0.15, 0.2) is 83.9 Å². The van der Waals surface area contributed by atoms with Crippen LogP contribution in [0.2, 0.25) is 0 Å². The number of nitrogens with zero attached hydrogens (tertiary/aromatic N) is 3. The molecule has 0 fully saturated rings. The molecule has 0 amide bonds. The van der Waals surface area contributed by atoms with E-state index in [-0.39, 0.29) is 11.4 Å². The fourth-order valence-electron chi connectivity index (χ4n) is 4.24. The molecule has 0 radical (unpaired) electrons. The Balaban J connectivity index is 1.67. The first-order valence-electron chi connectivity index (χ1n) is 10.2. The van der Waals surface area contributed by atoms with E-state index in [1.165, 1.54) is 12.1 Å². The molecule has 0 aliphatic heterocycles. The molecule has 5 nitrogen and oxygen atoms in total. The third-order valence-electron chi connectivity index (χ3n) is 5.89. The summed E-state index contributed by atoms with van der Waals surface area (Å²) < 4.78 is 15.5. The summed E-state index contributed by atoms with van der Waals surface area (Å²) in [5, 5.41) is 9.78. The lowest BCUT2D eigenvalue weighted by Crippen LogP contribution is -2.18. The highest BCUT2D eigenvalue weighted by atomic mass is 19.1. The van der Waals surface area contributed by atoms with Crippen molar-refractivity contribution in [2.24, 2.45) is 0 Å². The van der Waals surface area contributed by atoms with Crippen LogP contribution in [0, 0.1) is 12.7 Å². The highest BCUT2D eigenvalue weighted by Gasteiger charge is 2.13. The van der Waals surface area contributed by atoms with Gasteiger partial charge in [-0.25, -0.2) is 4.39 Å². The first kappa shape index (κ1) is 18.4. The van der Waals surface area contributed by atoms with Crippen LogP contribution in [0.3, 0.4) is 0 Å². The lowest BCUT2D eigenvalue weighted by molar-refractivity contribution is 0.618. The number of H-pyrrole nitrogens is 1. The van der Waals surface area contributed by atoms with Crippen molar-refractivity contribution in [1.82, 2.24) is 19.7 Å². The van der Waals surface area contributed by atoms with Crippen LogP contribution in [0.1, 0.15) is 5.56 Å². The van der Waals surface area contributed by atoms with E-state index in [4.69, 9.17) is 0 Å². The van der Waals surface area contributed by atoms with Crippen molar-refractivity contribution >= 4 is 32.7 Å². The van der Waals surface area contributed by atoms with E-state index in [9.17, 15) is 9.18 Å². The standard InChI is InChI=1S/C26H17FN4O/c1-15-10-20(5-6-22(15)27)31-25(32)9-4-18-13-28-24-8-3-17(12-21(24)26(18)31)16-2-7-23-19(11-16)14-29-30-23/h2-14H,1H3,(H,29,30). The summed E-state index contributed by atoms with van der Waals surface area (Å²) in [6.07, 6.45) is 3.56. The number of aryl methyl sites for hydroxylation is 1. The number of benzene rings is 3. The lowest BCUT2D eigenvalue weighted by Gasteiger charge is -2.14. The third kappa shape index (κ3) is 2.80. The zero-order valence-electron chi connectivity index (χ0n) is 17.1. The average Bonchev–Trinajstić information content (AvgIpc) is 3.28. The van der Waals surface area contributed by atoms with Crippen LogP contribution in [0.4, 0.5) is 4.39 Å². The molecule has 1 N–H and O–H groups in total. The third-order valence-corrected chi connectivity index (χ3v) is 5.89. The van der Waals surface area contributed by atoms with Crippen molar-refractivity contribution in [3.05, 3.63) is 101 Å². The van der Waals surface area contributed by atoms with Gasteiger partial charge in [0.1, 0.15) is 5.82 Å². The van der Waals surface area contributed by atoms with Gasteiger partial charge in [0.2, 0.25) is 0 Å². The first-order chi connectivity index (χ1) is 15.6. The summed E-state index contributed by atoms with van der Waals surface area (Å²) in [5.74, 6) is -0.300. The fraction of sp³-hybridized carbons (Fsp3) is 0.0385. The van der Waals surface area contributed by atoms with Gasteiger partial charge in [-0.3, -0.25) is 19.4 Å². The summed E-state index contributed by atoms with van der Waals surface area (Å²) in [6.45, 7) is 1.69. The van der Waals surface area contributed by atoms with E-state index >= 15 is 0 Å². The number of pyridine rings is 2. The maximum absolute atomic E-state index is 13.9. The number of aromatic nitrogens is 4. The number of fused-ring (bicyclic) bond motifs is 4. The largest absolute Gasteiger partial charge is 0.278 e. The molecule has 154 valence electrons. The number of nitrogens with one attached hydrogen (secondary N) is 1. The molecule has 0 saturated carbocycles. The number of aromatic amines is 1. The molecule has 0 bridgehead atoms. The molecular weight excluding hydrogens is 403 g/mol. The van der Waals surface area contributed by atoms with Gasteiger partial charge in [0.15, 0.2) is 0 Å². The summed E-state index contributed by atoms with van der Waals surface area (Å²) >= 11 is 0. The van der Waals surface area contributed by atoms with Gasteiger partial charge >= 0.3 is 0 Å². The molecule has 3 aromatic carbocycles. The van der Waals surface area contributed by atoms with Crippen LogP contribution in [-0.2, 0) is 0 Å². The summed E-state index contributed by atoms with van der Waals surface area (Å²) in [7, 11) is 0. The number of hydrogen-bond donors (Lipinski definition) is 1. The topological polar surface area (TPSA) is 63.6 Å². The average molecular weight is 420 g/mol. The van der Waals surface area contributed by atoms with Crippen molar-refractivity contribution in [2.75, 3.05) is 0 Å². The molecule has 6 rings (SSSR count). The van der Waals surface area contributed by atoms with E-state index in [1.54, 1.807) is 42.1 Å². The second-order valence-corrected chi connectivity index (χ2v) is 7.91. The van der Waals surface area contributed by atoms with Crippen LogP contribution in [0.25, 0.3) is 49.5 Å². The quantitative estimate of drug-likeness (QED) is 0.375. The predicted molar refractivity (Wildman–Crippen MR) is 125 cm³/mol. The van der Waals surface area contributed by atoms with Crippen molar-refractivity contribution < 1.29 is 4.39 Å². The second-order valence-electron chi connectivity index (χ2n) is 7.91. The molecule has 32 heavy (non-hydrogen) atoms. The SMILES string of the molecule is Cc1cc(-n2c(=O)ccc3cnc4ccc(-c5ccc6[nH]ncc6c5)cc4c32)ccc1F. The van der Waals surface area contributed by atoms with Gasteiger partial charge in [-0.1, -0.05) is 12.1 Å². The Labute approximate surface area is 181 Å². The number of halogens is 1. The number of hydrogen-bond acceptors (Lipinski definition) is 3. The summed E-state index contributed by atoms with van der Waals surface area (Å²) in [6, 6.07) is 20.2. The molecule has 0 unspecified atom stereocenters. The minimum Gasteiger partial charge on any atom is -0.278 e. The first-order valence-corrected chi connectivity index (χ1v) is 10.2. The monoisotopic (exact) mass is 420 g/mol. The lowest BCUT2D eigenvalue weighted by atomic mass is 10.0.